The van der Waals surface area contributed by atoms with Gasteiger partial charge in [-0.2, -0.15) is 0 Å². The molecule has 2 aromatic heterocycles. The number of hydrogen-bond donors (Lipinski definition) is 1. The molecule has 1 atom stereocenters. The minimum Gasteiger partial charge on any atom is -0.493 e. The zero-order valence-corrected chi connectivity index (χ0v) is 23.1. The molecule has 2 aromatic carbocycles. The molecule has 0 bridgehead atoms. The Kier molecular flexibility index (Phi) is 6.61. The number of nitrogens with zero attached hydrogens (tertiary/aromatic N) is 2. The number of anilines is 1. The number of nitrogens with two attached hydrogens (primary N) is 1. The van der Waals surface area contributed by atoms with E-state index in [9.17, 15) is 14.4 Å². The Hall–Kier alpha value is -4.66. The first-order chi connectivity index (χ1) is 19.1. The van der Waals surface area contributed by atoms with Crippen molar-refractivity contribution in [2.75, 3.05) is 26.6 Å². The number of methoxy groups -OCH3 is 2. The summed E-state index contributed by atoms with van der Waals surface area (Å²) in [5.74, 6) is -1.16. The monoisotopic (exact) mass is 541 g/mol. The summed E-state index contributed by atoms with van der Waals surface area (Å²) in [6.07, 6.45) is 3.30. The summed E-state index contributed by atoms with van der Waals surface area (Å²) in [7, 11) is 3.12. The number of ketones is 3. The van der Waals surface area contributed by atoms with Gasteiger partial charge < -0.3 is 24.5 Å². The van der Waals surface area contributed by atoms with E-state index < -0.39 is 28.3 Å². The van der Waals surface area contributed by atoms with Crippen LogP contribution in [0.4, 0.5) is 5.69 Å². The number of Topliss-reactive ketones (excluding diaryl/α,β-unsaturated/α-hetero) is 3. The first-order valence-corrected chi connectivity index (χ1v) is 12.9. The van der Waals surface area contributed by atoms with Crippen molar-refractivity contribution in [1.29, 1.82) is 0 Å². The van der Waals surface area contributed by atoms with Gasteiger partial charge in [-0.3, -0.25) is 14.4 Å². The average Bonchev–Trinajstić information content (AvgIpc) is 3.32. The minimum atomic E-state index is -1.67. The van der Waals surface area contributed by atoms with Crippen LogP contribution in [0.5, 0.6) is 17.2 Å². The SMILES string of the molecule is CCOc1cc(N)ccc1C1(n2cc(-c3ccc(OC)c(OC)c3)c3cccnc32)C(=O)C(=O)C(=O)CC1(C)C. The highest BCUT2D eigenvalue weighted by atomic mass is 16.5. The van der Waals surface area contributed by atoms with E-state index in [4.69, 9.17) is 19.9 Å². The van der Waals surface area contributed by atoms with Crippen molar-refractivity contribution < 1.29 is 28.6 Å². The van der Waals surface area contributed by atoms with Gasteiger partial charge in [-0.1, -0.05) is 26.0 Å². The average molecular weight is 542 g/mol. The third-order valence-electron chi connectivity index (χ3n) is 7.68. The predicted octanol–water partition coefficient (Wildman–Crippen LogP) is 4.58. The largest absolute Gasteiger partial charge is 0.493 e. The third-order valence-corrected chi connectivity index (χ3v) is 7.68. The van der Waals surface area contributed by atoms with Crippen molar-refractivity contribution in [1.82, 2.24) is 9.55 Å². The summed E-state index contributed by atoms with van der Waals surface area (Å²) in [4.78, 5) is 45.1. The van der Waals surface area contributed by atoms with Crippen LogP contribution in [0.25, 0.3) is 22.2 Å². The molecule has 2 N–H and O–H groups in total. The quantitative estimate of drug-likeness (QED) is 0.266. The molecule has 0 aliphatic heterocycles. The molecule has 2 heterocycles. The van der Waals surface area contributed by atoms with Crippen LogP contribution in [0.15, 0.2) is 60.9 Å². The van der Waals surface area contributed by atoms with Crippen molar-refractivity contribution >= 4 is 34.1 Å². The van der Waals surface area contributed by atoms with Crippen LogP contribution in [0.2, 0.25) is 0 Å². The van der Waals surface area contributed by atoms with E-state index in [0.717, 1.165) is 16.5 Å². The fraction of sp³-hybridized carbons (Fsp3) is 0.290. The lowest BCUT2D eigenvalue weighted by Gasteiger charge is -2.49. The number of carbonyl (C=O) groups excluding carboxylic acids is 3. The third kappa shape index (κ3) is 3.84. The summed E-state index contributed by atoms with van der Waals surface area (Å²) < 4.78 is 18.7. The number of benzene rings is 2. The van der Waals surface area contributed by atoms with E-state index in [0.29, 0.717) is 40.8 Å². The molecule has 9 nitrogen and oxygen atoms in total. The molecule has 0 saturated heterocycles. The van der Waals surface area contributed by atoms with Crippen LogP contribution in [0.3, 0.4) is 0 Å². The maximum absolute atomic E-state index is 14.3. The van der Waals surface area contributed by atoms with Gasteiger partial charge in [0.1, 0.15) is 16.9 Å². The van der Waals surface area contributed by atoms with Crippen LogP contribution in [0, 0.1) is 5.41 Å². The molecule has 4 aromatic rings. The van der Waals surface area contributed by atoms with E-state index in [-0.39, 0.29) is 6.42 Å². The Bertz CT molecular complexity index is 1670. The van der Waals surface area contributed by atoms with E-state index in [1.165, 1.54) is 0 Å². The Balaban J connectivity index is 1.92. The van der Waals surface area contributed by atoms with Gasteiger partial charge in [0.25, 0.3) is 5.78 Å². The molecule has 1 aliphatic carbocycles. The molecule has 40 heavy (non-hydrogen) atoms. The number of nitrogen functional groups attached to an aromatic ring is 1. The van der Waals surface area contributed by atoms with Crippen LogP contribution in [0.1, 0.15) is 32.8 Å². The lowest BCUT2D eigenvalue weighted by Crippen LogP contribution is -2.62. The van der Waals surface area contributed by atoms with Gasteiger partial charge in [-0.25, -0.2) is 4.98 Å². The summed E-state index contributed by atoms with van der Waals surface area (Å²) in [6, 6.07) is 14.2. The van der Waals surface area contributed by atoms with Crippen LogP contribution >= 0.6 is 0 Å². The van der Waals surface area contributed by atoms with Crippen molar-refractivity contribution in [2.45, 2.75) is 32.7 Å². The second kappa shape index (κ2) is 9.82. The normalized spacial score (nSPS) is 18.7. The maximum atomic E-state index is 14.3. The fourth-order valence-electron chi connectivity index (χ4n) is 5.92. The lowest BCUT2D eigenvalue weighted by atomic mass is 9.58. The molecule has 1 unspecified atom stereocenters. The van der Waals surface area contributed by atoms with Crippen LogP contribution in [-0.2, 0) is 19.9 Å². The van der Waals surface area contributed by atoms with Gasteiger partial charge in [0.15, 0.2) is 11.5 Å². The van der Waals surface area contributed by atoms with Crippen LogP contribution in [-0.4, -0.2) is 47.7 Å². The number of hydrogen-bond acceptors (Lipinski definition) is 8. The highest BCUT2D eigenvalue weighted by molar-refractivity contribution is 6.66. The van der Waals surface area contributed by atoms with E-state index in [1.807, 2.05) is 45.2 Å². The van der Waals surface area contributed by atoms with Crippen molar-refractivity contribution in [3.8, 4) is 28.4 Å². The Labute approximate surface area is 231 Å². The minimum absolute atomic E-state index is 0.147. The first kappa shape index (κ1) is 26.9. The summed E-state index contributed by atoms with van der Waals surface area (Å²) in [6.45, 7) is 5.75. The Morgan fingerprint density at radius 3 is 2.42 bits per heavy atom. The van der Waals surface area contributed by atoms with Gasteiger partial charge in [0.2, 0.25) is 11.6 Å². The van der Waals surface area contributed by atoms with Crippen molar-refractivity contribution in [2.24, 2.45) is 5.41 Å². The standard InChI is InChI=1S/C31H31N3O6/c1-6-40-25-15-19(32)10-11-22(25)31(28(37)27(36)23(35)16-30(31,2)3)34-17-21(20-8-7-13-33-29(20)34)18-9-12-24(38-4)26(14-18)39-5/h7-15,17H,6,16,32H2,1-5H3. The maximum Gasteiger partial charge on any atom is 0.267 e. The second-order valence-electron chi connectivity index (χ2n) is 10.4. The van der Waals surface area contributed by atoms with Gasteiger partial charge in [0, 0.05) is 52.5 Å². The molecule has 1 saturated carbocycles. The van der Waals surface area contributed by atoms with Crippen molar-refractivity contribution in [3.63, 3.8) is 0 Å². The fourth-order valence-corrected chi connectivity index (χ4v) is 5.92. The molecule has 0 spiro atoms. The Morgan fingerprint density at radius 1 is 0.975 bits per heavy atom. The van der Waals surface area contributed by atoms with Gasteiger partial charge >= 0.3 is 0 Å². The second-order valence-corrected chi connectivity index (χ2v) is 10.4. The highest BCUT2D eigenvalue weighted by Crippen LogP contribution is 2.54. The number of ether oxygens (including phenoxy) is 3. The number of aromatic nitrogens is 2. The summed E-state index contributed by atoms with van der Waals surface area (Å²) in [5, 5.41) is 0.746. The van der Waals surface area contributed by atoms with E-state index in [1.54, 1.807) is 55.3 Å². The molecule has 1 fully saturated rings. The van der Waals surface area contributed by atoms with Crippen LogP contribution < -0.4 is 19.9 Å². The first-order valence-electron chi connectivity index (χ1n) is 12.9. The highest BCUT2D eigenvalue weighted by Gasteiger charge is 2.62. The lowest BCUT2D eigenvalue weighted by molar-refractivity contribution is -0.155. The topological polar surface area (TPSA) is 123 Å². The molecule has 0 amide bonds. The zero-order valence-electron chi connectivity index (χ0n) is 23.1. The van der Waals surface area contributed by atoms with E-state index >= 15 is 0 Å². The number of pyridine rings is 1. The number of fused-ring (bicyclic) bond motifs is 1. The number of carbonyl (C=O) groups is 3. The van der Waals surface area contributed by atoms with Crippen molar-refractivity contribution in [3.05, 3.63) is 66.5 Å². The Morgan fingerprint density at radius 2 is 1.73 bits per heavy atom. The summed E-state index contributed by atoms with van der Waals surface area (Å²) in [5.41, 5.74) is 6.26. The molecule has 206 valence electrons. The zero-order chi connectivity index (χ0) is 28.8. The smallest absolute Gasteiger partial charge is 0.267 e. The van der Waals surface area contributed by atoms with Gasteiger partial charge in [0.05, 0.1) is 20.8 Å². The molecule has 5 rings (SSSR count). The predicted molar refractivity (Wildman–Crippen MR) is 151 cm³/mol. The molecular weight excluding hydrogens is 510 g/mol. The molecular formula is C31H31N3O6. The van der Waals surface area contributed by atoms with Gasteiger partial charge in [-0.15, -0.1) is 0 Å². The molecule has 9 heteroatoms. The van der Waals surface area contributed by atoms with E-state index in [2.05, 4.69) is 4.98 Å². The molecule has 1 aliphatic rings. The number of rotatable bonds is 7. The molecule has 0 radical (unpaired) electrons. The summed E-state index contributed by atoms with van der Waals surface area (Å²) >= 11 is 0. The van der Waals surface area contributed by atoms with Gasteiger partial charge in [-0.05, 0) is 42.8 Å².